The van der Waals surface area contributed by atoms with E-state index in [1.54, 1.807) is 11.0 Å². The van der Waals surface area contributed by atoms with Gasteiger partial charge in [-0.1, -0.05) is 12.1 Å². The number of amides is 2. The monoisotopic (exact) mass is 435 g/mol. The van der Waals surface area contributed by atoms with E-state index in [-0.39, 0.29) is 29.0 Å². The van der Waals surface area contributed by atoms with Crippen LogP contribution in [0.3, 0.4) is 0 Å². The number of carbonyl (C=O) groups is 2. The maximum atomic E-state index is 12.6. The summed E-state index contributed by atoms with van der Waals surface area (Å²) in [5, 5.41) is 24.6. The first kappa shape index (κ1) is 16.8. The summed E-state index contributed by atoms with van der Waals surface area (Å²) in [4.78, 5) is 26.6. The maximum Gasteiger partial charge on any atom is 0.273 e. The molecular formula is C22H24N8O2. The van der Waals surface area contributed by atoms with E-state index in [2.05, 4.69) is 31.0 Å². The number of nitrogens with one attached hydrogen (secondary N) is 3. The van der Waals surface area contributed by atoms with Gasteiger partial charge >= 0.3 is 0 Å². The molecule has 0 radical (unpaired) electrons. The molecule has 2 aromatic heterocycles. The molecule has 0 spiro atoms. The minimum atomic E-state index is -2.70. The molecule has 164 valence electrons. The van der Waals surface area contributed by atoms with Crippen LogP contribution >= 0.6 is 0 Å². The van der Waals surface area contributed by atoms with Gasteiger partial charge in [-0.25, -0.2) is 0 Å². The summed E-state index contributed by atoms with van der Waals surface area (Å²) in [6.07, 6.45) is 5.51. The molecule has 2 saturated carbocycles. The minimum Gasteiger partial charge on any atom is -0.354 e. The third-order valence-corrected chi connectivity index (χ3v) is 5.58. The van der Waals surface area contributed by atoms with Gasteiger partial charge in [0.1, 0.15) is 5.69 Å². The average molecular weight is 436 g/mol. The Morgan fingerprint density at radius 1 is 1.16 bits per heavy atom. The fraction of sp³-hybridized carbons (Fsp3) is 0.364. The van der Waals surface area contributed by atoms with Crippen molar-refractivity contribution in [3.05, 3.63) is 41.7 Å². The van der Waals surface area contributed by atoms with E-state index in [1.807, 2.05) is 30.4 Å². The van der Waals surface area contributed by atoms with E-state index < -0.39 is 12.9 Å². The third kappa shape index (κ3) is 4.03. The van der Waals surface area contributed by atoms with Gasteiger partial charge < -0.3 is 16.0 Å². The molecular weight excluding hydrogens is 408 g/mol. The molecule has 10 nitrogen and oxygen atoms in total. The van der Waals surface area contributed by atoms with E-state index in [9.17, 15) is 9.59 Å². The normalized spacial score (nSPS) is 17.1. The van der Waals surface area contributed by atoms with Crippen LogP contribution < -0.4 is 16.0 Å². The molecule has 10 heteroatoms. The molecule has 2 amide bonds. The van der Waals surface area contributed by atoms with Crippen molar-refractivity contribution >= 4 is 29.0 Å². The van der Waals surface area contributed by atoms with Crippen molar-refractivity contribution in [2.75, 3.05) is 17.6 Å². The Kier molecular flexibility index (Phi) is 4.22. The summed E-state index contributed by atoms with van der Waals surface area (Å²) < 4.78 is 22.0. The molecule has 0 saturated heterocycles. The molecule has 32 heavy (non-hydrogen) atoms. The van der Waals surface area contributed by atoms with Gasteiger partial charge in [-0.3, -0.25) is 9.59 Å². The fourth-order valence-electron chi connectivity index (χ4n) is 3.42. The molecule has 2 heterocycles. The first-order chi connectivity index (χ1) is 16.7. The number of rotatable bonds is 7. The number of carbonyl (C=O) groups excluding carboxylic acids is 2. The van der Waals surface area contributed by atoms with Gasteiger partial charge in [0, 0.05) is 34.3 Å². The lowest BCUT2D eigenvalue weighted by Crippen LogP contribution is -2.22. The molecule has 0 aliphatic heterocycles. The van der Waals surface area contributed by atoms with Gasteiger partial charge in [0.25, 0.3) is 5.91 Å². The maximum absolute atomic E-state index is 12.6. The van der Waals surface area contributed by atoms with E-state index in [1.165, 1.54) is 6.07 Å². The van der Waals surface area contributed by atoms with Crippen LogP contribution in [-0.2, 0) is 4.79 Å². The number of hydrogen-bond acceptors (Lipinski definition) is 7. The van der Waals surface area contributed by atoms with Crippen molar-refractivity contribution < 1.29 is 13.7 Å². The van der Waals surface area contributed by atoms with Gasteiger partial charge in [0.15, 0.2) is 11.5 Å². The van der Waals surface area contributed by atoms with Crippen LogP contribution in [0.4, 0.5) is 17.2 Å². The summed E-state index contributed by atoms with van der Waals surface area (Å²) in [7, 11) is 0. The van der Waals surface area contributed by atoms with Gasteiger partial charge in [0.2, 0.25) is 5.91 Å². The second-order valence-corrected chi connectivity index (χ2v) is 8.09. The zero-order valence-corrected chi connectivity index (χ0v) is 17.4. The topological polar surface area (TPSA) is 127 Å². The Morgan fingerprint density at radius 2 is 2.00 bits per heavy atom. The zero-order valence-electron chi connectivity index (χ0n) is 20.4. The van der Waals surface area contributed by atoms with E-state index in [4.69, 9.17) is 4.11 Å². The van der Waals surface area contributed by atoms with Crippen LogP contribution in [0.1, 0.15) is 51.9 Å². The highest BCUT2D eigenvalue weighted by Gasteiger charge is 2.30. The molecule has 3 aromatic rings. The van der Waals surface area contributed by atoms with Gasteiger partial charge in [-0.2, -0.15) is 15.0 Å². The third-order valence-electron chi connectivity index (χ3n) is 5.58. The van der Waals surface area contributed by atoms with Crippen LogP contribution in [0.15, 0.2) is 30.5 Å². The lowest BCUT2D eigenvalue weighted by molar-refractivity contribution is -0.117. The van der Waals surface area contributed by atoms with E-state index in [0.717, 1.165) is 42.5 Å². The summed E-state index contributed by atoms with van der Waals surface area (Å²) in [6, 6.07) is 7.41. The van der Waals surface area contributed by atoms with Crippen LogP contribution in [0.25, 0.3) is 11.3 Å². The van der Waals surface area contributed by atoms with Crippen LogP contribution in [-0.4, -0.2) is 44.0 Å². The first-order valence-electron chi connectivity index (χ1n) is 12.0. The molecule has 0 atom stereocenters. The highest BCUT2D eigenvalue weighted by Crippen LogP contribution is 2.35. The van der Waals surface area contributed by atoms with Gasteiger partial charge in [-0.05, 0) is 44.2 Å². The fourth-order valence-corrected chi connectivity index (χ4v) is 3.42. The molecule has 3 N–H and O–H groups in total. The van der Waals surface area contributed by atoms with Gasteiger partial charge in [-0.15, -0.1) is 10.2 Å². The number of hydrogen-bond donors (Lipinski definition) is 3. The lowest BCUT2D eigenvalue weighted by atomic mass is 10.0. The summed E-state index contributed by atoms with van der Waals surface area (Å²) in [5.74, 6) is -0.964. The number of aromatic nitrogens is 5. The average Bonchev–Trinajstić information content (AvgIpc) is 3.72. The molecule has 1 aromatic carbocycles. The molecule has 0 unspecified atom stereocenters. The predicted molar refractivity (Wildman–Crippen MR) is 119 cm³/mol. The number of nitrogens with zero attached hydrogens (tertiary/aromatic N) is 5. The van der Waals surface area contributed by atoms with Crippen molar-refractivity contribution in [3.8, 4) is 11.3 Å². The zero-order chi connectivity index (χ0) is 24.7. The molecule has 2 aliphatic rings. The van der Waals surface area contributed by atoms with E-state index >= 15 is 0 Å². The second kappa shape index (κ2) is 8.03. The Morgan fingerprint density at radius 3 is 2.75 bits per heavy atom. The molecule has 2 aliphatic carbocycles. The Hall–Kier alpha value is -3.82. The Labute approximate surface area is 189 Å². The van der Waals surface area contributed by atoms with Crippen LogP contribution in [0.5, 0.6) is 0 Å². The smallest absolute Gasteiger partial charge is 0.273 e. The van der Waals surface area contributed by atoms with Crippen molar-refractivity contribution in [1.82, 2.24) is 30.5 Å². The van der Waals surface area contributed by atoms with Crippen molar-refractivity contribution in [2.24, 2.45) is 5.92 Å². The molecule has 0 bridgehead atoms. The SMILES string of the molecule is [2H]C([2H])([2H])NC(=O)c1nnc(NC(=O)C2CC2)cc1Nc1cccc(-c2cnn(C3CC3)n2)c1C. The summed E-state index contributed by atoms with van der Waals surface area (Å²) in [5.41, 5.74) is 3.07. The van der Waals surface area contributed by atoms with Crippen molar-refractivity contribution in [3.63, 3.8) is 0 Å². The Balaban J connectivity index is 1.47. The van der Waals surface area contributed by atoms with Crippen LogP contribution in [0.2, 0.25) is 0 Å². The number of anilines is 3. The van der Waals surface area contributed by atoms with Crippen LogP contribution in [0, 0.1) is 12.8 Å². The highest BCUT2D eigenvalue weighted by atomic mass is 16.2. The minimum absolute atomic E-state index is 0.0466. The predicted octanol–water partition coefficient (Wildman–Crippen LogP) is 2.83. The second-order valence-electron chi connectivity index (χ2n) is 8.09. The molecule has 5 rings (SSSR count). The standard InChI is InChI=1S/C22H24N8O2/c1-12-15(18-11-24-30(29-18)14-8-9-14)4-3-5-16(12)25-17-10-19(26-21(31)13-6-7-13)27-28-20(17)22(32)23-2/h3-5,10-11,13-14H,6-9H2,1-2H3,(H,23,32)(H2,25,26,27,31)/i2D3. The quantitative estimate of drug-likeness (QED) is 0.521. The van der Waals surface area contributed by atoms with Gasteiger partial charge in [0.05, 0.1) is 17.9 Å². The molecule has 2 fully saturated rings. The summed E-state index contributed by atoms with van der Waals surface area (Å²) in [6.45, 7) is -0.793. The van der Waals surface area contributed by atoms with Crippen molar-refractivity contribution in [1.29, 1.82) is 0 Å². The summed E-state index contributed by atoms with van der Waals surface area (Å²) >= 11 is 0. The highest BCUT2D eigenvalue weighted by molar-refractivity contribution is 5.99. The largest absolute Gasteiger partial charge is 0.354 e. The van der Waals surface area contributed by atoms with E-state index in [0.29, 0.717) is 11.7 Å². The van der Waals surface area contributed by atoms with Crippen molar-refractivity contribution in [2.45, 2.75) is 38.6 Å². The number of benzene rings is 1. The Bertz CT molecular complexity index is 1300. The first-order valence-corrected chi connectivity index (χ1v) is 10.5. The lowest BCUT2D eigenvalue weighted by Gasteiger charge is -2.15.